The highest BCUT2D eigenvalue weighted by atomic mass is 35.5. The molecule has 2 amide bonds. The minimum Gasteiger partial charge on any atom is -0.321 e. The first-order chi connectivity index (χ1) is 12.5. The van der Waals surface area contributed by atoms with Crippen LogP contribution in [0.2, 0.25) is 10.0 Å². The van der Waals surface area contributed by atoms with Gasteiger partial charge in [0.05, 0.1) is 10.7 Å². The van der Waals surface area contributed by atoms with Crippen molar-refractivity contribution in [1.82, 2.24) is 4.98 Å². The molecule has 2 N–H and O–H groups in total. The molecule has 7 heteroatoms. The number of carbonyl (C=O) groups excluding carboxylic acids is 2. The molecule has 0 aliphatic heterocycles. The Morgan fingerprint density at radius 2 is 1.42 bits per heavy atom. The van der Waals surface area contributed by atoms with E-state index in [-0.39, 0.29) is 11.4 Å². The maximum Gasteiger partial charge on any atom is 0.274 e. The summed E-state index contributed by atoms with van der Waals surface area (Å²) >= 11 is 11.9. The maximum absolute atomic E-state index is 12.4. The van der Waals surface area contributed by atoms with Gasteiger partial charge in [-0.2, -0.15) is 0 Å². The molecule has 1 aromatic heterocycles. The van der Waals surface area contributed by atoms with Crippen molar-refractivity contribution in [3.05, 3.63) is 88.2 Å². The van der Waals surface area contributed by atoms with Gasteiger partial charge in [-0.3, -0.25) is 9.59 Å². The van der Waals surface area contributed by atoms with E-state index >= 15 is 0 Å². The number of aromatic nitrogens is 1. The third-order valence-electron chi connectivity index (χ3n) is 3.43. The molecule has 3 aromatic rings. The van der Waals surface area contributed by atoms with Crippen LogP contribution in [-0.2, 0) is 0 Å². The minimum atomic E-state index is -0.483. The second-order valence-corrected chi connectivity index (χ2v) is 6.15. The van der Waals surface area contributed by atoms with Crippen molar-refractivity contribution >= 4 is 46.4 Å². The van der Waals surface area contributed by atoms with Crippen molar-refractivity contribution in [3.63, 3.8) is 0 Å². The van der Waals surface area contributed by atoms with Crippen LogP contribution in [0.15, 0.2) is 66.7 Å². The molecule has 0 atom stereocenters. The van der Waals surface area contributed by atoms with E-state index in [9.17, 15) is 9.59 Å². The first kappa shape index (κ1) is 17.9. The van der Waals surface area contributed by atoms with Crippen LogP contribution >= 0.6 is 23.2 Å². The summed E-state index contributed by atoms with van der Waals surface area (Å²) in [5.74, 6) is -0.890. The predicted octanol–water partition coefficient (Wildman–Crippen LogP) is 4.89. The number of hydrogen-bond donors (Lipinski definition) is 2. The van der Waals surface area contributed by atoms with E-state index in [2.05, 4.69) is 15.6 Å². The smallest absolute Gasteiger partial charge is 0.274 e. The molecule has 0 radical (unpaired) electrons. The van der Waals surface area contributed by atoms with E-state index in [0.717, 1.165) is 0 Å². The van der Waals surface area contributed by atoms with Crippen LogP contribution in [0.25, 0.3) is 0 Å². The van der Waals surface area contributed by atoms with Crippen LogP contribution in [0.4, 0.5) is 11.4 Å². The summed E-state index contributed by atoms with van der Waals surface area (Å²) in [6.07, 6.45) is 0. The molecular formula is C19H13Cl2N3O2. The van der Waals surface area contributed by atoms with Crippen LogP contribution in [0.3, 0.4) is 0 Å². The van der Waals surface area contributed by atoms with Gasteiger partial charge in [0.25, 0.3) is 11.8 Å². The Kier molecular flexibility index (Phi) is 5.51. The number of rotatable bonds is 4. The standard InChI is InChI=1S/C19H13Cl2N3O2/c20-12-9-10-15(14(21)11-12)24-19(26)17-8-4-7-16(23-17)18(25)22-13-5-2-1-3-6-13/h1-11H,(H,22,25)(H,24,26). The average Bonchev–Trinajstić information content (AvgIpc) is 2.65. The van der Waals surface area contributed by atoms with E-state index in [0.29, 0.717) is 21.4 Å². The molecule has 130 valence electrons. The van der Waals surface area contributed by atoms with Gasteiger partial charge in [-0.05, 0) is 42.5 Å². The molecule has 0 aliphatic rings. The van der Waals surface area contributed by atoms with Crippen molar-refractivity contribution in [1.29, 1.82) is 0 Å². The quantitative estimate of drug-likeness (QED) is 0.671. The Morgan fingerprint density at radius 1 is 0.769 bits per heavy atom. The molecule has 0 saturated heterocycles. The normalized spacial score (nSPS) is 10.2. The lowest BCUT2D eigenvalue weighted by atomic mass is 10.2. The van der Waals surface area contributed by atoms with Crippen LogP contribution < -0.4 is 10.6 Å². The minimum absolute atomic E-state index is 0.0942. The van der Waals surface area contributed by atoms with Gasteiger partial charge in [0.15, 0.2) is 0 Å². The third-order valence-corrected chi connectivity index (χ3v) is 3.97. The van der Waals surface area contributed by atoms with Crippen molar-refractivity contribution < 1.29 is 9.59 Å². The fourth-order valence-electron chi connectivity index (χ4n) is 2.18. The average molecular weight is 386 g/mol. The largest absolute Gasteiger partial charge is 0.321 e. The fourth-order valence-corrected chi connectivity index (χ4v) is 2.64. The van der Waals surface area contributed by atoms with E-state index in [1.165, 1.54) is 18.2 Å². The Labute approximate surface area is 160 Å². The van der Waals surface area contributed by atoms with Crippen LogP contribution in [0.5, 0.6) is 0 Å². The van der Waals surface area contributed by atoms with Crippen LogP contribution in [-0.4, -0.2) is 16.8 Å². The molecule has 26 heavy (non-hydrogen) atoms. The molecule has 1 heterocycles. The van der Waals surface area contributed by atoms with Crippen LogP contribution in [0.1, 0.15) is 21.0 Å². The lowest BCUT2D eigenvalue weighted by Crippen LogP contribution is -2.18. The molecule has 0 fully saturated rings. The van der Waals surface area contributed by atoms with Gasteiger partial charge in [0.1, 0.15) is 11.4 Å². The summed E-state index contributed by atoms with van der Waals surface area (Å²) in [5.41, 5.74) is 1.27. The number of carbonyl (C=O) groups is 2. The SMILES string of the molecule is O=C(Nc1ccccc1)c1cccc(C(=O)Nc2ccc(Cl)cc2Cl)n1. The zero-order valence-corrected chi connectivity index (χ0v) is 14.9. The number of hydrogen-bond acceptors (Lipinski definition) is 3. The van der Waals surface area contributed by atoms with Gasteiger partial charge >= 0.3 is 0 Å². The monoisotopic (exact) mass is 385 g/mol. The number of nitrogens with zero attached hydrogens (tertiary/aromatic N) is 1. The highest BCUT2D eigenvalue weighted by Crippen LogP contribution is 2.25. The van der Waals surface area contributed by atoms with Gasteiger partial charge in [-0.25, -0.2) is 4.98 Å². The van der Waals surface area contributed by atoms with Gasteiger partial charge in [-0.1, -0.05) is 47.5 Å². The van der Waals surface area contributed by atoms with E-state index in [1.807, 2.05) is 18.2 Å². The molecule has 0 spiro atoms. The topological polar surface area (TPSA) is 71.1 Å². The number of halogens is 2. The van der Waals surface area contributed by atoms with Crippen molar-refractivity contribution in [2.75, 3.05) is 10.6 Å². The van der Waals surface area contributed by atoms with Crippen molar-refractivity contribution in [3.8, 4) is 0 Å². The predicted molar refractivity (Wildman–Crippen MR) is 103 cm³/mol. The molecule has 0 unspecified atom stereocenters. The lowest BCUT2D eigenvalue weighted by Gasteiger charge is -2.08. The van der Waals surface area contributed by atoms with Gasteiger partial charge in [0.2, 0.25) is 0 Å². The summed E-state index contributed by atoms with van der Waals surface area (Å²) < 4.78 is 0. The van der Waals surface area contributed by atoms with Gasteiger partial charge < -0.3 is 10.6 Å². The Morgan fingerprint density at radius 3 is 2.08 bits per heavy atom. The number of pyridine rings is 1. The summed E-state index contributed by atoms with van der Waals surface area (Å²) in [6.45, 7) is 0. The second kappa shape index (κ2) is 7.99. The second-order valence-electron chi connectivity index (χ2n) is 5.31. The van der Waals surface area contributed by atoms with E-state index in [1.54, 1.807) is 30.3 Å². The Hall–Kier alpha value is -2.89. The number of benzene rings is 2. The highest BCUT2D eigenvalue weighted by molar-refractivity contribution is 6.36. The van der Waals surface area contributed by atoms with Crippen molar-refractivity contribution in [2.24, 2.45) is 0 Å². The maximum atomic E-state index is 12.4. The van der Waals surface area contributed by atoms with Crippen LogP contribution in [0, 0.1) is 0 Å². The summed E-state index contributed by atoms with van der Waals surface area (Å²) in [4.78, 5) is 28.8. The molecule has 0 aliphatic carbocycles. The van der Waals surface area contributed by atoms with E-state index < -0.39 is 11.8 Å². The molecule has 0 saturated carbocycles. The molecule has 0 bridgehead atoms. The summed E-state index contributed by atoms with van der Waals surface area (Å²) in [6, 6.07) is 18.3. The van der Waals surface area contributed by atoms with Gasteiger partial charge in [-0.15, -0.1) is 0 Å². The fraction of sp³-hybridized carbons (Fsp3) is 0. The molecular weight excluding hydrogens is 373 g/mol. The molecule has 3 rings (SSSR count). The number of amides is 2. The first-order valence-electron chi connectivity index (χ1n) is 7.63. The summed E-state index contributed by atoms with van der Waals surface area (Å²) in [7, 11) is 0. The van der Waals surface area contributed by atoms with Crippen molar-refractivity contribution in [2.45, 2.75) is 0 Å². The highest BCUT2D eigenvalue weighted by Gasteiger charge is 2.14. The van der Waals surface area contributed by atoms with Gasteiger partial charge in [0, 0.05) is 10.7 Å². The number of para-hydroxylation sites is 1. The summed E-state index contributed by atoms with van der Waals surface area (Å²) in [5, 5.41) is 6.14. The molecule has 2 aromatic carbocycles. The van der Waals surface area contributed by atoms with E-state index in [4.69, 9.17) is 23.2 Å². The zero-order valence-electron chi connectivity index (χ0n) is 13.4. The molecule has 5 nitrogen and oxygen atoms in total. The third kappa shape index (κ3) is 4.39. The number of anilines is 2. The number of nitrogens with one attached hydrogen (secondary N) is 2. The lowest BCUT2D eigenvalue weighted by molar-refractivity contribution is 0.101. The Bertz CT molecular complexity index is 962. The first-order valence-corrected chi connectivity index (χ1v) is 8.38. The zero-order chi connectivity index (χ0) is 18.5. The Balaban J connectivity index is 1.76.